The van der Waals surface area contributed by atoms with Crippen molar-refractivity contribution in [1.29, 1.82) is 0 Å². The van der Waals surface area contributed by atoms with E-state index in [9.17, 15) is 19.1 Å². The molecule has 3 rings (SSSR count). The van der Waals surface area contributed by atoms with E-state index in [0.29, 0.717) is 18.8 Å². The number of unbranched alkanes of at least 4 members (excludes halogenated alkanes) is 2. The summed E-state index contributed by atoms with van der Waals surface area (Å²) in [5.41, 5.74) is 1.65. The molecule has 0 aromatic heterocycles. The van der Waals surface area contributed by atoms with Gasteiger partial charge >= 0.3 is 6.09 Å². The number of nitrogens with zero attached hydrogens (tertiary/aromatic N) is 1. The molecule has 1 fully saturated rings. The van der Waals surface area contributed by atoms with Crippen molar-refractivity contribution < 1.29 is 23.8 Å². The minimum atomic E-state index is -1.23. The number of benzene rings is 2. The summed E-state index contributed by atoms with van der Waals surface area (Å²) in [6.07, 6.45) is 3.15. The van der Waals surface area contributed by atoms with Gasteiger partial charge in [0, 0.05) is 24.9 Å². The van der Waals surface area contributed by atoms with Gasteiger partial charge in [-0.25, -0.2) is 9.18 Å². The molecule has 6 nitrogen and oxygen atoms in total. The Hall–Kier alpha value is -3.09. The third kappa shape index (κ3) is 5.58. The molecule has 0 unspecified atom stereocenters. The van der Waals surface area contributed by atoms with E-state index in [1.807, 2.05) is 12.1 Å². The molecule has 1 atom stereocenters. The molecule has 2 aromatic carbocycles. The fourth-order valence-electron chi connectivity index (χ4n) is 4.41. The van der Waals surface area contributed by atoms with Gasteiger partial charge in [-0.2, -0.15) is 0 Å². The number of hydrogen-bond acceptors (Lipinski definition) is 3. The molecule has 0 spiro atoms. The van der Waals surface area contributed by atoms with Gasteiger partial charge in [0.25, 0.3) is 0 Å². The zero-order chi connectivity index (χ0) is 23.1. The highest BCUT2D eigenvalue weighted by Gasteiger charge is 2.47. The summed E-state index contributed by atoms with van der Waals surface area (Å²) in [6, 6.07) is 12.9. The number of methoxy groups -OCH3 is 1. The van der Waals surface area contributed by atoms with Gasteiger partial charge in [-0.15, -0.1) is 0 Å². The van der Waals surface area contributed by atoms with E-state index >= 15 is 0 Å². The predicted octanol–water partition coefficient (Wildman–Crippen LogP) is 4.37. The number of likely N-dealkylation sites (tertiary alicyclic amines) is 1. The first kappa shape index (κ1) is 23.6. The molecule has 2 N–H and O–H groups in total. The molecule has 2 aromatic rings. The van der Waals surface area contributed by atoms with Crippen LogP contribution in [0, 0.1) is 5.82 Å². The number of carboxylic acid groups (broad SMARTS) is 1. The summed E-state index contributed by atoms with van der Waals surface area (Å²) >= 11 is 0. The van der Waals surface area contributed by atoms with E-state index in [1.165, 1.54) is 12.1 Å². The second-order valence-corrected chi connectivity index (χ2v) is 8.49. The number of carbonyl (C=O) groups is 2. The summed E-state index contributed by atoms with van der Waals surface area (Å²) < 4.78 is 18.6. The van der Waals surface area contributed by atoms with Crippen LogP contribution in [-0.2, 0) is 16.6 Å². The molecular weight excluding hydrogens is 411 g/mol. The van der Waals surface area contributed by atoms with E-state index in [2.05, 4.69) is 12.2 Å². The molecule has 1 saturated heterocycles. The first-order valence-corrected chi connectivity index (χ1v) is 11.0. The van der Waals surface area contributed by atoms with Crippen LogP contribution in [0.1, 0.15) is 43.7 Å². The van der Waals surface area contributed by atoms with Gasteiger partial charge in [0.2, 0.25) is 5.91 Å². The molecule has 32 heavy (non-hydrogen) atoms. The fourth-order valence-corrected chi connectivity index (χ4v) is 4.41. The van der Waals surface area contributed by atoms with Crippen LogP contribution in [0.3, 0.4) is 0 Å². The number of amides is 2. The Balaban J connectivity index is 1.73. The summed E-state index contributed by atoms with van der Waals surface area (Å²) in [5, 5.41) is 11.7. The van der Waals surface area contributed by atoms with Gasteiger partial charge in [0.15, 0.2) is 0 Å². The molecule has 1 heterocycles. The molecule has 1 aliphatic rings. The van der Waals surface area contributed by atoms with Gasteiger partial charge in [0.05, 0.1) is 7.11 Å². The first-order valence-electron chi connectivity index (χ1n) is 11.0. The molecule has 7 heteroatoms. The van der Waals surface area contributed by atoms with Crippen molar-refractivity contribution in [2.45, 2.75) is 50.5 Å². The maximum absolute atomic E-state index is 13.5. The quantitative estimate of drug-likeness (QED) is 0.536. The molecule has 0 bridgehead atoms. The maximum atomic E-state index is 13.5. The van der Waals surface area contributed by atoms with Crippen molar-refractivity contribution in [3.63, 3.8) is 0 Å². The zero-order valence-corrected chi connectivity index (χ0v) is 18.6. The highest BCUT2D eigenvalue weighted by Crippen LogP contribution is 2.40. The summed E-state index contributed by atoms with van der Waals surface area (Å²) in [7, 11) is 1.57. The topological polar surface area (TPSA) is 78.9 Å². The lowest BCUT2D eigenvalue weighted by molar-refractivity contribution is -0.141. The Morgan fingerprint density at radius 1 is 1.12 bits per heavy atom. The smallest absolute Gasteiger partial charge is 0.405 e. The van der Waals surface area contributed by atoms with Crippen LogP contribution in [0.25, 0.3) is 0 Å². The normalized spacial score (nSPS) is 15.5. The number of ether oxygens (including phenoxy) is 1. The SMILES string of the molecule is CCCCCC1(c2ccc(F)cc2)CN(C(=O)[C@@H](Cc2ccc(OC)cc2)NC(=O)O)C1. The van der Waals surface area contributed by atoms with Crippen LogP contribution in [0.2, 0.25) is 0 Å². The largest absolute Gasteiger partial charge is 0.497 e. The number of halogens is 1. The first-order chi connectivity index (χ1) is 15.4. The van der Waals surface area contributed by atoms with Gasteiger partial charge < -0.3 is 20.1 Å². The van der Waals surface area contributed by atoms with E-state index in [4.69, 9.17) is 4.74 Å². The summed E-state index contributed by atoms with van der Waals surface area (Å²) in [4.78, 5) is 26.3. The Kier molecular flexibility index (Phi) is 7.72. The van der Waals surface area contributed by atoms with Crippen molar-refractivity contribution in [2.75, 3.05) is 20.2 Å². The Morgan fingerprint density at radius 3 is 2.34 bits per heavy atom. The van der Waals surface area contributed by atoms with E-state index < -0.39 is 12.1 Å². The highest BCUT2D eigenvalue weighted by molar-refractivity contribution is 5.86. The fraction of sp³-hybridized carbons (Fsp3) is 0.440. The minimum absolute atomic E-state index is 0.216. The molecule has 1 aliphatic heterocycles. The van der Waals surface area contributed by atoms with Crippen LogP contribution >= 0.6 is 0 Å². The monoisotopic (exact) mass is 442 g/mol. The van der Waals surface area contributed by atoms with Crippen LogP contribution in [0.4, 0.5) is 9.18 Å². The summed E-state index contributed by atoms with van der Waals surface area (Å²) in [5.74, 6) is 0.174. The molecule has 0 saturated carbocycles. The van der Waals surface area contributed by atoms with Crippen LogP contribution in [-0.4, -0.2) is 48.2 Å². The molecule has 2 amide bonds. The van der Waals surface area contributed by atoms with Gasteiger partial charge in [-0.1, -0.05) is 50.5 Å². The molecule has 0 aliphatic carbocycles. The molecule has 172 valence electrons. The van der Waals surface area contributed by atoms with Crippen molar-refractivity contribution in [2.24, 2.45) is 0 Å². The van der Waals surface area contributed by atoms with Crippen molar-refractivity contribution >= 4 is 12.0 Å². The number of rotatable bonds is 10. The lowest BCUT2D eigenvalue weighted by Crippen LogP contribution is -2.64. The molecule has 0 radical (unpaired) electrons. The average molecular weight is 443 g/mol. The van der Waals surface area contributed by atoms with Gasteiger partial charge in [0.1, 0.15) is 17.6 Å². The second-order valence-electron chi connectivity index (χ2n) is 8.49. The van der Waals surface area contributed by atoms with Crippen molar-refractivity contribution in [3.05, 3.63) is 65.5 Å². The standard InChI is InChI=1S/C25H31FN2O4/c1-3-4-5-14-25(19-8-10-20(26)11-9-19)16-28(17-25)23(29)22(27-24(30)31)15-18-6-12-21(32-2)13-7-18/h6-13,22,27H,3-5,14-17H2,1-2H3,(H,30,31)/t22-/m1/s1. The Morgan fingerprint density at radius 2 is 1.78 bits per heavy atom. The summed E-state index contributed by atoms with van der Waals surface area (Å²) in [6.45, 7) is 3.14. The maximum Gasteiger partial charge on any atom is 0.405 e. The third-order valence-electron chi connectivity index (χ3n) is 6.21. The number of hydrogen-bond donors (Lipinski definition) is 2. The van der Waals surface area contributed by atoms with E-state index in [-0.39, 0.29) is 23.6 Å². The van der Waals surface area contributed by atoms with Crippen LogP contribution in [0.15, 0.2) is 48.5 Å². The molecular formula is C25H31FN2O4. The lowest BCUT2D eigenvalue weighted by atomic mass is 9.70. The second kappa shape index (κ2) is 10.5. The number of carbonyl (C=O) groups excluding carboxylic acids is 1. The Labute approximate surface area is 188 Å². The van der Waals surface area contributed by atoms with Crippen molar-refractivity contribution in [1.82, 2.24) is 10.2 Å². The van der Waals surface area contributed by atoms with Gasteiger partial charge in [-0.3, -0.25) is 4.79 Å². The van der Waals surface area contributed by atoms with Crippen LogP contribution < -0.4 is 10.1 Å². The lowest BCUT2D eigenvalue weighted by Gasteiger charge is -2.51. The van der Waals surface area contributed by atoms with Gasteiger partial charge in [-0.05, 0) is 41.8 Å². The highest BCUT2D eigenvalue weighted by atomic mass is 19.1. The predicted molar refractivity (Wildman–Crippen MR) is 120 cm³/mol. The van der Waals surface area contributed by atoms with Crippen LogP contribution in [0.5, 0.6) is 5.75 Å². The Bertz CT molecular complexity index is 909. The average Bonchev–Trinajstić information content (AvgIpc) is 2.75. The van der Waals surface area contributed by atoms with Crippen molar-refractivity contribution in [3.8, 4) is 5.75 Å². The number of nitrogens with one attached hydrogen (secondary N) is 1. The third-order valence-corrected chi connectivity index (χ3v) is 6.21. The van der Waals surface area contributed by atoms with E-state index in [1.54, 1.807) is 36.3 Å². The zero-order valence-electron chi connectivity index (χ0n) is 18.6. The van der Waals surface area contributed by atoms with E-state index in [0.717, 1.165) is 36.8 Å². The minimum Gasteiger partial charge on any atom is -0.497 e.